The first-order valence-electron chi connectivity index (χ1n) is 7.67. The zero-order valence-corrected chi connectivity index (χ0v) is 12.9. The van der Waals surface area contributed by atoms with E-state index in [1.54, 1.807) is 12.4 Å². The van der Waals surface area contributed by atoms with Crippen molar-refractivity contribution in [3.05, 3.63) is 59.7 Å². The van der Waals surface area contributed by atoms with Crippen molar-refractivity contribution in [3.63, 3.8) is 0 Å². The molecule has 0 aliphatic carbocycles. The molecular formula is C17H18FN3O3. The van der Waals surface area contributed by atoms with Crippen LogP contribution < -0.4 is 10.6 Å². The number of carbonyl (C=O) groups is 1. The lowest BCUT2D eigenvalue weighted by Crippen LogP contribution is -2.43. The number of carbonyl (C=O) groups excluding carboxylic acids is 1. The zero-order valence-electron chi connectivity index (χ0n) is 12.9. The highest BCUT2D eigenvalue weighted by Gasteiger charge is 2.31. The molecule has 0 spiro atoms. The zero-order chi connectivity index (χ0) is 16.9. The molecule has 2 amide bonds. The van der Waals surface area contributed by atoms with E-state index in [0.29, 0.717) is 13.0 Å². The van der Waals surface area contributed by atoms with E-state index in [4.69, 9.17) is 4.74 Å². The number of pyridine rings is 1. The van der Waals surface area contributed by atoms with E-state index in [1.807, 2.05) is 12.1 Å². The van der Waals surface area contributed by atoms with Gasteiger partial charge in [-0.25, -0.2) is 9.18 Å². The Morgan fingerprint density at radius 2 is 2.25 bits per heavy atom. The van der Waals surface area contributed by atoms with Gasteiger partial charge >= 0.3 is 6.03 Å². The van der Waals surface area contributed by atoms with Crippen LogP contribution in [0.25, 0.3) is 0 Å². The molecule has 1 fully saturated rings. The second-order valence-corrected chi connectivity index (χ2v) is 5.54. The number of nitrogens with one attached hydrogen (secondary N) is 2. The minimum absolute atomic E-state index is 0.0548. The number of hydrogen-bond donors (Lipinski definition) is 3. The average Bonchev–Trinajstić information content (AvgIpc) is 3.03. The lowest BCUT2D eigenvalue weighted by atomic mass is 10.0. The predicted molar refractivity (Wildman–Crippen MR) is 84.8 cm³/mol. The van der Waals surface area contributed by atoms with Crippen molar-refractivity contribution in [2.24, 2.45) is 0 Å². The molecule has 3 N–H and O–H groups in total. The summed E-state index contributed by atoms with van der Waals surface area (Å²) < 4.78 is 19.3. The smallest absolute Gasteiger partial charge is 0.315 e. The predicted octanol–water partition coefficient (Wildman–Crippen LogP) is 2.26. The Morgan fingerprint density at radius 1 is 1.38 bits per heavy atom. The van der Waals surface area contributed by atoms with Gasteiger partial charge in [0.15, 0.2) is 0 Å². The lowest BCUT2D eigenvalue weighted by molar-refractivity contribution is 0.0996. The van der Waals surface area contributed by atoms with Crippen molar-refractivity contribution in [1.82, 2.24) is 15.6 Å². The van der Waals surface area contributed by atoms with Gasteiger partial charge in [0.25, 0.3) is 0 Å². The Bertz CT molecular complexity index is 691. The maximum absolute atomic E-state index is 13.6. The third kappa shape index (κ3) is 3.62. The summed E-state index contributed by atoms with van der Waals surface area (Å²) in [6, 6.07) is 7.09. The third-order valence-corrected chi connectivity index (χ3v) is 3.94. The van der Waals surface area contributed by atoms with E-state index in [9.17, 15) is 14.3 Å². The van der Waals surface area contributed by atoms with Gasteiger partial charge in [-0.15, -0.1) is 0 Å². The summed E-state index contributed by atoms with van der Waals surface area (Å²) >= 11 is 0. The second kappa shape index (κ2) is 7.27. The Kier molecular flexibility index (Phi) is 4.90. The summed E-state index contributed by atoms with van der Waals surface area (Å²) in [4.78, 5) is 16.1. The number of nitrogens with zero attached hydrogens (tertiary/aromatic N) is 1. The quantitative estimate of drug-likeness (QED) is 0.802. The maximum Gasteiger partial charge on any atom is 0.315 e. The van der Waals surface area contributed by atoms with E-state index in [2.05, 4.69) is 15.6 Å². The van der Waals surface area contributed by atoms with E-state index < -0.39 is 11.8 Å². The molecule has 0 unspecified atom stereocenters. The van der Waals surface area contributed by atoms with Crippen LogP contribution in [0, 0.1) is 5.82 Å². The average molecular weight is 331 g/mol. The van der Waals surface area contributed by atoms with Crippen LogP contribution in [0.2, 0.25) is 0 Å². The molecule has 126 valence electrons. The molecule has 0 saturated carbocycles. The Morgan fingerprint density at radius 3 is 3.00 bits per heavy atom. The summed E-state index contributed by atoms with van der Waals surface area (Å²) in [5.41, 5.74) is 0.950. The maximum atomic E-state index is 13.6. The minimum atomic E-state index is -0.562. The number of aromatic hydroxyl groups is 1. The first-order chi connectivity index (χ1) is 11.6. The molecule has 0 radical (unpaired) electrons. The Balaban J connectivity index is 1.58. The second-order valence-electron chi connectivity index (χ2n) is 5.54. The lowest BCUT2D eigenvalue weighted by Gasteiger charge is -2.20. The molecule has 7 heteroatoms. The van der Waals surface area contributed by atoms with Gasteiger partial charge in [-0.2, -0.15) is 0 Å². The van der Waals surface area contributed by atoms with Crippen LogP contribution >= 0.6 is 0 Å². The van der Waals surface area contributed by atoms with Crippen LogP contribution in [0.15, 0.2) is 42.7 Å². The summed E-state index contributed by atoms with van der Waals surface area (Å²) in [5, 5.41) is 15.0. The van der Waals surface area contributed by atoms with Gasteiger partial charge in [0.05, 0.1) is 12.6 Å². The van der Waals surface area contributed by atoms with E-state index in [-0.39, 0.29) is 30.0 Å². The van der Waals surface area contributed by atoms with Gasteiger partial charge in [0.2, 0.25) is 0 Å². The highest BCUT2D eigenvalue weighted by molar-refractivity contribution is 5.74. The first-order valence-corrected chi connectivity index (χ1v) is 7.67. The number of benzene rings is 1. The molecule has 1 aromatic heterocycles. The largest absolute Gasteiger partial charge is 0.507 e. The fourth-order valence-electron chi connectivity index (χ4n) is 2.72. The summed E-state index contributed by atoms with van der Waals surface area (Å²) in [5.74, 6) is -0.750. The summed E-state index contributed by atoms with van der Waals surface area (Å²) in [6.45, 7) is 0.439. The number of aromatic nitrogens is 1. The van der Waals surface area contributed by atoms with Gasteiger partial charge in [-0.3, -0.25) is 4.98 Å². The van der Waals surface area contributed by atoms with Crippen LogP contribution in [0.1, 0.15) is 23.7 Å². The van der Waals surface area contributed by atoms with Crippen LogP contribution in [0.5, 0.6) is 5.75 Å². The van der Waals surface area contributed by atoms with Crippen LogP contribution in [0.3, 0.4) is 0 Å². The number of phenolic OH excluding ortho intramolecular Hbond substituents is 1. The number of ether oxygens (including phenoxy) is 1. The van der Waals surface area contributed by atoms with Crippen molar-refractivity contribution in [2.45, 2.75) is 25.1 Å². The number of hydrogen-bond acceptors (Lipinski definition) is 4. The molecule has 1 aliphatic heterocycles. The van der Waals surface area contributed by atoms with Crippen LogP contribution in [0.4, 0.5) is 9.18 Å². The summed E-state index contributed by atoms with van der Waals surface area (Å²) in [6.07, 6.45) is 3.80. The molecule has 2 heterocycles. The van der Waals surface area contributed by atoms with Crippen molar-refractivity contribution in [3.8, 4) is 5.75 Å². The van der Waals surface area contributed by atoms with Crippen LogP contribution in [-0.4, -0.2) is 28.8 Å². The number of phenols is 1. The number of urea groups is 1. The monoisotopic (exact) mass is 331 g/mol. The van der Waals surface area contributed by atoms with Gasteiger partial charge in [-0.05, 0) is 24.6 Å². The first kappa shape index (κ1) is 16.2. The van der Waals surface area contributed by atoms with E-state index >= 15 is 0 Å². The number of halogens is 1. The van der Waals surface area contributed by atoms with Crippen molar-refractivity contribution in [1.29, 1.82) is 0 Å². The fraction of sp³-hybridized carbons (Fsp3) is 0.294. The van der Waals surface area contributed by atoms with Gasteiger partial charge in [0.1, 0.15) is 17.7 Å². The van der Waals surface area contributed by atoms with Crippen LogP contribution in [-0.2, 0) is 11.3 Å². The van der Waals surface area contributed by atoms with E-state index in [1.165, 1.54) is 18.2 Å². The van der Waals surface area contributed by atoms with Crippen molar-refractivity contribution in [2.75, 3.05) is 6.61 Å². The molecule has 24 heavy (non-hydrogen) atoms. The molecule has 2 aromatic rings. The number of amides is 2. The van der Waals surface area contributed by atoms with Gasteiger partial charge < -0.3 is 20.5 Å². The molecule has 1 aliphatic rings. The van der Waals surface area contributed by atoms with Gasteiger partial charge in [0, 0.05) is 30.1 Å². The molecule has 1 aromatic carbocycles. The molecule has 3 rings (SSSR count). The molecule has 2 atom stereocenters. The Labute approximate surface area is 138 Å². The fourth-order valence-corrected chi connectivity index (χ4v) is 2.72. The Hall–Kier alpha value is -2.67. The van der Waals surface area contributed by atoms with Crippen molar-refractivity contribution < 1.29 is 19.0 Å². The highest BCUT2D eigenvalue weighted by atomic mass is 19.1. The van der Waals surface area contributed by atoms with E-state index in [0.717, 1.165) is 5.56 Å². The minimum Gasteiger partial charge on any atom is -0.507 e. The number of rotatable bonds is 4. The molecular weight excluding hydrogens is 313 g/mol. The molecule has 1 saturated heterocycles. The van der Waals surface area contributed by atoms with Crippen molar-refractivity contribution >= 4 is 6.03 Å². The third-order valence-electron chi connectivity index (χ3n) is 3.94. The SMILES string of the molecule is O=C(NCc1c(O)cccc1F)N[C@H]1CCO[C@@H]1c1cccnc1. The highest BCUT2D eigenvalue weighted by Crippen LogP contribution is 2.28. The topological polar surface area (TPSA) is 83.5 Å². The summed E-state index contributed by atoms with van der Waals surface area (Å²) in [7, 11) is 0. The molecule has 6 nitrogen and oxygen atoms in total. The normalized spacial score (nSPS) is 19.9. The molecule has 0 bridgehead atoms. The standard InChI is InChI=1S/C17H18FN3O3/c18-13-4-1-5-15(22)12(13)10-20-17(23)21-14-6-8-24-16(14)11-3-2-7-19-9-11/h1-5,7,9,14,16,22H,6,8,10H2,(H2,20,21,23)/t14-,16+/m0/s1. The van der Waals surface area contributed by atoms with Gasteiger partial charge in [-0.1, -0.05) is 12.1 Å².